The second-order valence-electron chi connectivity index (χ2n) is 8.29. The monoisotopic (exact) mass is 395 g/mol. The number of anilines is 2. The molecule has 0 saturated carbocycles. The van der Waals surface area contributed by atoms with Crippen molar-refractivity contribution in [2.75, 3.05) is 36.8 Å². The van der Waals surface area contributed by atoms with Crippen molar-refractivity contribution in [3.8, 4) is 0 Å². The fourth-order valence-electron chi connectivity index (χ4n) is 4.75. The Labute approximate surface area is 173 Å². The minimum absolute atomic E-state index is 0.679. The van der Waals surface area contributed by atoms with Crippen molar-refractivity contribution in [2.24, 2.45) is 0 Å². The molecule has 4 rings (SSSR count). The fourth-order valence-corrected chi connectivity index (χ4v) is 5.00. The first-order valence-corrected chi connectivity index (χ1v) is 10.7. The van der Waals surface area contributed by atoms with E-state index in [0.717, 1.165) is 61.1 Å². The van der Waals surface area contributed by atoms with Crippen LogP contribution in [0.5, 0.6) is 0 Å². The molecule has 1 fully saturated rings. The zero-order chi connectivity index (χ0) is 19.7. The minimum Gasteiger partial charge on any atom is -0.397 e. The predicted molar refractivity (Wildman–Crippen MR) is 120 cm³/mol. The molecule has 0 amide bonds. The second-order valence-corrected chi connectivity index (χ2v) is 8.73. The fraction of sp³-hybridized carbons (Fsp3) is 0.417. The molecule has 28 heavy (non-hydrogen) atoms. The van der Waals surface area contributed by atoms with Gasteiger partial charge in [-0.15, -0.1) is 0 Å². The lowest BCUT2D eigenvalue weighted by Gasteiger charge is -2.38. The van der Waals surface area contributed by atoms with E-state index >= 15 is 0 Å². The summed E-state index contributed by atoms with van der Waals surface area (Å²) in [6, 6.07) is 12.9. The molecule has 2 aliphatic rings. The molecule has 1 saturated heterocycles. The Hall–Kier alpha value is -1.97. The first kappa shape index (κ1) is 19.4. The van der Waals surface area contributed by atoms with Crippen LogP contribution < -0.4 is 10.6 Å². The van der Waals surface area contributed by atoms with Crippen LogP contribution in [0, 0.1) is 6.92 Å². The number of nitrogens with two attached hydrogens (primary N) is 1. The molecule has 4 heteroatoms. The van der Waals surface area contributed by atoms with E-state index in [4.69, 9.17) is 17.3 Å². The number of likely N-dealkylation sites (tertiary alicyclic amines) is 1. The summed E-state index contributed by atoms with van der Waals surface area (Å²) >= 11 is 6.21. The topological polar surface area (TPSA) is 32.5 Å². The van der Waals surface area contributed by atoms with Crippen molar-refractivity contribution < 1.29 is 0 Å². The van der Waals surface area contributed by atoms with Gasteiger partial charge in [0.1, 0.15) is 0 Å². The van der Waals surface area contributed by atoms with E-state index in [2.05, 4.69) is 53.6 Å². The Balaban J connectivity index is 1.40. The maximum atomic E-state index is 6.32. The molecule has 0 unspecified atom stereocenters. The lowest BCUT2D eigenvalue weighted by atomic mass is 9.88. The van der Waals surface area contributed by atoms with Gasteiger partial charge in [0, 0.05) is 23.8 Å². The lowest BCUT2D eigenvalue weighted by Crippen LogP contribution is -2.39. The minimum atomic E-state index is 0.679. The normalized spacial score (nSPS) is 18.1. The third kappa shape index (κ3) is 4.06. The van der Waals surface area contributed by atoms with Gasteiger partial charge in [0.15, 0.2) is 0 Å². The number of hydrogen-bond acceptors (Lipinski definition) is 3. The molecule has 0 atom stereocenters. The summed E-state index contributed by atoms with van der Waals surface area (Å²) < 4.78 is 0. The number of benzene rings is 2. The van der Waals surface area contributed by atoms with Gasteiger partial charge in [-0.2, -0.15) is 0 Å². The van der Waals surface area contributed by atoms with E-state index in [-0.39, 0.29) is 0 Å². The molecule has 2 aromatic carbocycles. The van der Waals surface area contributed by atoms with Crippen LogP contribution in [0.15, 0.2) is 48.7 Å². The number of fused-ring (bicyclic) bond motifs is 1. The molecule has 2 aliphatic heterocycles. The summed E-state index contributed by atoms with van der Waals surface area (Å²) in [5.74, 6) is 0.679. The van der Waals surface area contributed by atoms with E-state index in [1.807, 2.05) is 6.07 Å². The summed E-state index contributed by atoms with van der Waals surface area (Å²) in [5.41, 5.74) is 13.4. The van der Waals surface area contributed by atoms with Crippen LogP contribution in [0.2, 0.25) is 5.02 Å². The van der Waals surface area contributed by atoms with E-state index in [1.54, 1.807) is 0 Å². The number of rotatable bonds is 4. The molecule has 0 aliphatic carbocycles. The zero-order valence-corrected chi connectivity index (χ0v) is 17.5. The summed E-state index contributed by atoms with van der Waals surface area (Å²) in [6.07, 6.45) is 4.57. The SMILES string of the molecule is C=C(CN1CCC(c2cccc(C)c2)CC1)N1CCCc2cc(Cl)cc(N)c21. The number of halogens is 1. The maximum absolute atomic E-state index is 6.32. The average Bonchev–Trinajstić information content (AvgIpc) is 2.68. The van der Waals surface area contributed by atoms with Crippen molar-refractivity contribution in [1.29, 1.82) is 0 Å². The van der Waals surface area contributed by atoms with Gasteiger partial charge in [0.05, 0.1) is 11.4 Å². The first-order valence-electron chi connectivity index (χ1n) is 10.3. The van der Waals surface area contributed by atoms with Gasteiger partial charge >= 0.3 is 0 Å². The third-order valence-corrected chi connectivity index (χ3v) is 6.39. The lowest BCUT2D eigenvalue weighted by molar-refractivity contribution is 0.227. The number of nitrogens with zero attached hydrogens (tertiary/aromatic N) is 2. The van der Waals surface area contributed by atoms with Gasteiger partial charge in [-0.3, -0.25) is 4.90 Å². The molecule has 2 N–H and O–H groups in total. The second kappa shape index (κ2) is 8.18. The molecule has 148 valence electrons. The highest BCUT2D eigenvalue weighted by Crippen LogP contribution is 2.37. The number of nitrogen functional groups attached to an aromatic ring is 1. The van der Waals surface area contributed by atoms with Gasteiger partial charge in [0.25, 0.3) is 0 Å². The van der Waals surface area contributed by atoms with Crippen LogP contribution in [0.1, 0.15) is 41.9 Å². The number of hydrogen-bond donors (Lipinski definition) is 1. The molecule has 2 aromatic rings. The van der Waals surface area contributed by atoms with Crippen LogP contribution >= 0.6 is 11.6 Å². The Morgan fingerprint density at radius 3 is 2.71 bits per heavy atom. The highest BCUT2D eigenvalue weighted by Gasteiger charge is 2.25. The Morgan fingerprint density at radius 1 is 1.18 bits per heavy atom. The van der Waals surface area contributed by atoms with Gasteiger partial charge in [-0.05, 0) is 74.9 Å². The predicted octanol–water partition coefficient (Wildman–Crippen LogP) is 5.38. The van der Waals surface area contributed by atoms with Crippen LogP contribution in [-0.2, 0) is 6.42 Å². The van der Waals surface area contributed by atoms with Gasteiger partial charge in [-0.25, -0.2) is 0 Å². The Bertz CT molecular complexity index is 868. The van der Waals surface area contributed by atoms with Crippen molar-refractivity contribution in [3.63, 3.8) is 0 Å². The smallest absolute Gasteiger partial charge is 0.0675 e. The van der Waals surface area contributed by atoms with E-state index in [1.165, 1.54) is 29.5 Å². The quantitative estimate of drug-likeness (QED) is 0.705. The van der Waals surface area contributed by atoms with Crippen LogP contribution in [0.3, 0.4) is 0 Å². The molecule has 0 radical (unpaired) electrons. The summed E-state index contributed by atoms with van der Waals surface area (Å²) in [5, 5.41) is 0.724. The highest BCUT2D eigenvalue weighted by molar-refractivity contribution is 6.31. The summed E-state index contributed by atoms with van der Waals surface area (Å²) in [7, 11) is 0. The van der Waals surface area contributed by atoms with Crippen molar-refractivity contribution in [3.05, 3.63) is 70.4 Å². The van der Waals surface area contributed by atoms with Crippen molar-refractivity contribution in [2.45, 2.75) is 38.5 Å². The van der Waals surface area contributed by atoms with E-state index in [0.29, 0.717) is 5.92 Å². The highest BCUT2D eigenvalue weighted by atomic mass is 35.5. The zero-order valence-electron chi connectivity index (χ0n) is 16.8. The van der Waals surface area contributed by atoms with E-state index in [9.17, 15) is 0 Å². The third-order valence-electron chi connectivity index (χ3n) is 6.17. The molecule has 0 spiro atoms. The average molecular weight is 396 g/mol. The summed E-state index contributed by atoms with van der Waals surface area (Å²) in [4.78, 5) is 4.85. The molecule has 2 heterocycles. The van der Waals surface area contributed by atoms with Crippen molar-refractivity contribution in [1.82, 2.24) is 4.90 Å². The first-order chi connectivity index (χ1) is 13.5. The summed E-state index contributed by atoms with van der Waals surface area (Å²) in [6.45, 7) is 10.7. The van der Waals surface area contributed by atoms with Gasteiger partial charge in [-0.1, -0.05) is 48.0 Å². The van der Waals surface area contributed by atoms with Gasteiger partial charge in [0.2, 0.25) is 0 Å². The van der Waals surface area contributed by atoms with E-state index < -0.39 is 0 Å². The molecule has 3 nitrogen and oxygen atoms in total. The Morgan fingerprint density at radius 2 is 1.96 bits per heavy atom. The molecule has 0 bridgehead atoms. The maximum Gasteiger partial charge on any atom is 0.0675 e. The van der Waals surface area contributed by atoms with Gasteiger partial charge < -0.3 is 10.6 Å². The molecular formula is C24H30ClN3. The molecule has 0 aromatic heterocycles. The number of aryl methyl sites for hydroxylation is 2. The largest absolute Gasteiger partial charge is 0.397 e. The number of piperidine rings is 1. The van der Waals surface area contributed by atoms with Crippen LogP contribution in [0.4, 0.5) is 11.4 Å². The standard InChI is InChI=1S/C24H30ClN3/c1-17-5-3-6-20(13-17)19-8-11-27(12-9-19)16-18(2)28-10-4-7-21-14-22(25)15-23(26)24(21)28/h3,5-6,13-15,19H,2,4,7-12,16,26H2,1H3. The van der Waals surface area contributed by atoms with Crippen molar-refractivity contribution >= 4 is 23.0 Å². The Kier molecular flexibility index (Phi) is 5.65. The molecular weight excluding hydrogens is 366 g/mol. The van der Waals surface area contributed by atoms with Crippen LogP contribution in [0.25, 0.3) is 0 Å². The van der Waals surface area contributed by atoms with Crippen LogP contribution in [-0.4, -0.2) is 31.1 Å².